The van der Waals surface area contributed by atoms with Gasteiger partial charge in [0, 0.05) is 6.04 Å². The van der Waals surface area contributed by atoms with Gasteiger partial charge in [-0.25, -0.2) is 8.78 Å². The normalized spacial score (nSPS) is 27.5. The third kappa shape index (κ3) is 2.49. The predicted octanol–water partition coefficient (Wildman–Crippen LogP) is 3.24. The van der Waals surface area contributed by atoms with E-state index in [9.17, 15) is 8.78 Å². The van der Waals surface area contributed by atoms with Gasteiger partial charge in [-0.15, -0.1) is 0 Å². The van der Waals surface area contributed by atoms with E-state index in [0.29, 0.717) is 12.0 Å². The fourth-order valence-electron chi connectivity index (χ4n) is 2.33. The maximum Gasteiger partial charge on any atom is 0.159 e. The van der Waals surface area contributed by atoms with Crippen LogP contribution in [0.25, 0.3) is 0 Å². The van der Waals surface area contributed by atoms with Crippen LogP contribution in [0.1, 0.15) is 32.8 Å². The maximum atomic E-state index is 13.2. The largest absolute Gasteiger partial charge is 0.314 e. The van der Waals surface area contributed by atoms with Gasteiger partial charge in [-0.1, -0.05) is 26.8 Å². The summed E-state index contributed by atoms with van der Waals surface area (Å²) in [5, 5.41) is 3.39. The van der Waals surface area contributed by atoms with E-state index in [1.807, 2.05) is 0 Å². The van der Waals surface area contributed by atoms with E-state index >= 15 is 0 Å². The van der Waals surface area contributed by atoms with Crippen LogP contribution in [0.3, 0.4) is 0 Å². The number of rotatable bonds is 4. The van der Waals surface area contributed by atoms with Crippen LogP contribution in [0.2, 0.25) is 0 Å². The third-order valence-electron chi connectivity index (χ3n) is 3.76. The van der Waals surface area contributed by atoms with Gasteiger partial charge in [-0.2, -0.15) is 0 Å². The van der Waals surface area contributed by atoms with E-state index < -0.39 is 11.6 Å². The molecule has 1 aromatic carbocycles. The van der Waals surface area contributed by atoms with Gasteiger partial charge in [-0.05, 0) is 42.0 Å². The zero-order valence-electron chi connectivity index (χ0n) is 10.6. The van der Waals surface area contributed by atoms with Crippen LogP contribution in [-0.4, -0.2) is 12.6 Å². The molecule has 2 rings (SSSR count). The van der Waals surface area contributed by atoms with Gasteiger partial charge < -0.3 is 5.32 Å². The smallest absolute Gasteiger partial charge is 0.159 e. The van der Waals surface area contributed by atoms with Gasteiger partial charge in [0.05, 0.1) is 0 Å². The minimum absolute atomic E-state index is 0.0103. The van der Waals surface area contributed by atoms with Crippen molar-refractivity contribution in [2.24, 2.45) is 5.92 Å². The molecule has 2 atom stereocenters. The van der Waals surface area contributed by atoms with Gasteiger partial charge in [0.25, 0.3) is 0 Å². The van der Waals surface area contributed by atoms with Crippen LogP contribution in [-0.2, 0) is 5.41 Å². The zero-order valence-corrected chi connectivity index (χ0v) is 10.6. The van der Waals surface area contributed by atoms with E-state index in [4.69, 9.17) is 0 Å². The Morgan fingerprint density at radius 3 is 2.65 bits per heavy atom. The van der Waals surface area contributed by atoms with Crippen molar-refractivity contribution in [1.29, 1.82) is 0 Å². The molecule has 0 amide bonds. The van der Waals surface area contributed by atoms with Gasteiger partial charge >= 0.3 is 0 Å². The molecule has 0 aromatic heterocycles. The van der Waals surface area contributed by atoms with Gasteiger partial charge in [0.1, 0.15) is 0 Å². The van der Waals surface area contributed by atoms with Crippen molar-refractivity contribution in [3.8, 4) is 0 Å². The molecule has 17 heavy (non-hydrogen) atoms. The average molecular weight is 239 g/mol. The van der Waals surface area contributed by atoms with Crippen molar-refractivity contribution in [3.63, 3.8) is 0 Å². The van der Waals surface area contributed by atoms with E-state index in [1.165, 1.54) is 12.1 Å². The second-order valence-electron chi connectivity index (χ2n) is 5.51. The molecule has 1 fully saturated rings. The molecule has 0 aliphatic heterocycles. The number of benzene rings is 1. The lowest BCUT2D eigenvalue weighted by atomic mass is 9.95. The molecule has 0 radical (unpaired) electrons. The Bertz CT molecular complexity index is 417. The fraction of sp³-hybridized carbons (Fsp3) is 0.571. The highest BCUT2D eigenvalue weighted by molar-refractivity contribution is 5.33. The van der Waals surface area contributed by atoms with Gasteiger partial charge in [0.15, 0.2) is 11.6 Å². The van der Waals surface area contributed by atoms with Crippen molar-refractivity contribution in [2.45, 2.75) is 38.6 Å². The number of nitrogens with one attached hydrogen (secondary N) is 1. The predicted molar refractivity (Wildman–Crippen MR) is 65.0 cm³/mol. The number of halogens is 2. The first kappa shape index (κ1) is 12.5. The van der Waals surface area contributed by atoms with Crippen molar-refractivity contribution in [2.75, 3.05) is 6.54 Å². The first-order valence-corrected chi connectivity index (χ1v) is 6.12. The van der Waals surface area contributed by atoms with Crippen molar-refractivity contribution >= 4 is 0 Å². The first-order chi connectivity index (χ1) is 7.93. The highest BCUT2D eigenvalue weighted by Gasteiger charge is 2.50. The summed E-state index contributed by atoms with van der Waals surface area (Å²) in [6.07, 6.45) is 1.04. The molecule has 0 spiro atoms. The lowest BCUT2D eigenvalue weighted by Crippen LogP contribution is -2.26. The molecule has 1 aliphatic rings. The molecule has 2 unspecified atom stereocenters. The van der Waals surface area contributed by atoms with Crippen molar-refractivity contribution in [3.05, 3.63) is 35.4 Å². The van der Waals surface area contributed by atoms with Crippen molar-refractivity contribution < 1.29 is 8.78 Å². The summed E-state index contributed by atoms with van der Waals surface area (Å²) in [6.45, 7) is 7.27. The van der Waals surface area contributed by atoms with Crippen LogP contribution >= 0.6 is 0 Å². The Kier molecular flexibility index (Phi) is 3.21. The summed E-state index contributed by atoms with van der Waals surface area (Å²) in [7, 11) is 0. The lowest BCUT2D eigenvalue weighted by molar-refractivity contribution is 0.499. The van der Waals surface area contributed by atoms with Crippen LogP contribution < -0.4 is 5.32 Å². The zero-order chi connectivity index (χ0) is 12.6. The molecular weight excluding hydrogens is 220 g/mol. The third-order valence-corrected chi connectivity index (χ3v) is 3.76. The summed E-state index contributed by atoms with van der Waals surface area (Å²) in [4.78, 5) is 0. The molecule has 94 valence electrons. The molecule has 1 N–H and O–H groups in total. The highest BCUT2D eigenvalue weighted by Crippen LogP contribution is 2.53. The Morgan fingerprint density at radius 1 is 1.35 bits per heavy atom. The first-order valence-electron chi connectivity index (χ1n) is 6.12. The van der Waals surface area contributed by atoms with Gasteiger partial charge in [-0.3, -0.25) is 0 Å². The van der Waals surface area contributed by atoms with Crippen LogP contribution in [0, 0.1) is 17.6 Å². The summed E-state index contributed by atoms with van der Waals surface area (Å²) in [5.74, 6) is -0.990. The maximum absolute atomic E-state index is 13.2. The molecule has 3 heteroatoms. The topological polar surface area (TPSA) is 12.0 Å². The molecule has 1 aliphatic carbocycles. The molecule has 1 saturated carbocycles. The van der Waals surface area contributed by atoms with E-state index in [2.05, 4.69) is 26.1 Å². The molecule has 0 bridgehead atoms. The van der Waals surface area contributed by atoms with Gasteiger partial charge in [0.2, 0.25) is 0 Å². The second-order valence-corrected chi connectivity index (χ2v) is 5.51. The number of hydrogen-bond acceptors (Lipinski definition) is 1. The SMILES string of the molecule is CC(C)NCC1CC1(C)c1ccc(F)c(F)c1. The Balaban J connectivity index is 2.05. The van der Waals surface area contributed by atoms with Crippen LogP contribution in [0.4, 0.5) is 8.78 Å². The summed E-state index contributed by atoms with van der Waals surface area (Å²) >= 11 is 0. The molecule has 0 saturated heterocycles. The second kappa shape index (κ2) is 4.37. The van der Waals surface area contributed by atoms with E-state index in [0.717, 1.165) is 18.5 Å². The number of hydrogen-bond donors (Lipinski definition) is 1. The molecular formula is C14H19F2N. The van der Waals surface area contributed by atoms with Crippen LogP contribution in [0.5, 0.6) is 0 Å². The fourth-order valence-corrected chi connectivity index (χ4v) is 2.33. The molecule has 0 heterocycles. The Morgan fingerprint density at radius 2 is 2.06 bits per heavy atom. The minimum atomic E-state index is -0.769. The lowest BCUT2D eigenvalue weighted by Gasteiger charge is -2.14. The Labute approximate surface area is 101 Å². The van der Waals surface area contributed by atoms with E-state index in [1.54, 1.807) is 6.07 Å². The molecule has 1 aromatic rings. The van der Waals surface area contributed by atoms with Crippen LogP contribution in [0.15, 0.2) is 18.2 Å². The Hall–Kier alpha value is -0.960. The monoisotopic (exact) mass is 239 g/mol. The summed E-state index contributed by atoms with van der Waals surface area (Å²) in [6, 6.07) is 4.73. The van der Waals surface area contributed by atoms with E-state index in [-0.39, 0.29) is 5.41 Å². The summed E-state index contributed by atoms with van der Waals surface area (Å²) < 4.78 is 26.1. The minimum Gasteiger partial charge on any atom is -0.314 e. The quantitative estimate of drug-likeness (QED) is 0.850. The standard InChI is InChI=1S/C14H19F2N/c1-9(2)17-8-11-7-14(11,3)10-4-5-12(15)13(16)6-10/h4-6,9,11,17H,7-8H2,1-3H3. The summed E-state index contributed by atoms with van der Waals surface area (Å²) in [5.41, 5.74) is 0.920. The highest BCUT2D eigenvalue weighted by atomic mass is 19.2. The average Bonchev–Trinajstić information content (AvgIpc) is 2.92. The van der Waals surface area contributed by atoms with Crippen molar-refractivity contribution in [1.82, 2.24) is 5.32 Å². The molecule has 1 nitrogen and oxygen atoms in total.